The van der Waals surface area contributed by atoms with E-state index in [0.717, 1.165) is 13.0 Å². The molecule has 1 heterocycles. The van der Waals surface area contributed by atoms with E-state index in [4.69, 9.17) is 0 Å². The molecule has 14 heavy (non-hydrogen) atoms. The molecule has 1 aliphatic heterocycles. The Morgan fingerprint density at radius 1 is 1.57 bits per heavy atom. The molecule has 1 saturated heterocycles. The lowest BCUT2D eigenvalue weighted by Gasteiger charge is -2.16. The van der Waals surface area contributed by atoms with Crippen LogP contribution in [0.4, 0.5) is 0 Å². The fourth-order valence-electron chi connectivity index (χ4n) is 1.65. The third-order valence-electron chi connectivity index (χ3n) is 2.27. The molecule has 0 aliphatic carbocycles. The first-order valence-corrected chi connectivity index (χ1v) is 5.42. The molecule has 5 heteroatoms. The van der Waals surface area contributed by atoms with Crippen LogP contribution in [0.3, 0.4) is 0 Å². The zero-order valence-corrected chi connectivity index (χ0v) is 9.22. The summed E-state index contributed by atoms with van der Waals surface area (Å²) in [5, 5.41) is 2.82. The van der Waals surface area contributed by atoms with E-state index in [1.165, 1.54) is 6.92 Å². The Kier molecular flexibility index (Phi) is 4.25. The van der Waals surface area contributed by atoms with Gasteiger partial charge in [0.2, 0.25) is 11.8 Å². The molecule has 0 spiro atoms. The number of likely N-dealkylation sites (tertiary alicyclic amines) is 1. The highest BCUT2D eigenvalue weighted by atomic mass is 32.1. The summed E-state index contributed by atoms with van der Waals surface area (Å²) in [6.07, 6.45) is 1.34. The molecule has 4 nitrogen and oxygen atoms in total. The highest BCUT2D eigenvalue weighted by Crippen LogP contribution is 2.10. The number of rotatable bonds is 3. The summed E-state index contributed by atoms with van der Waals surface area (Å²) < 4.78 is 0. The zero-order chi connectivity index (χ0) is 10.6. The molecule has 1 rings (SSSR count). The molecule has 1 N–H and O–H groups in total. The van der Waals surface area contributed by atoms with E-state index in [1.807, 2.05) is 0 Å². The number of carbonyl (C=O) groups is 2. The molecule has 0 aromatic heterocycles. The van der Waals surface area contributed by atoms with Crippen molar-refractivity contribution in [3.63, 3.8) is 0 Å². The molecule has 0 radical (unpaired) electrons. The smallest absolute Gasteiger partial charge is 0.223 e. The maximum Gasteiger partial charge on any atom is 0.223 e. The van der Waals surface area contributed by atoms with Crippen LogP contribution in [0.2, 0.25) is 0 Å². The van der Waals surface area contributed by atoms with Crippen LogP contribution in [-0.4, -0.2) is 41.6 Å². The molecule has 0 bridgehead atoms. The summed E-state index contributed by atoms with van der Waals surface area (Å²) in [5.74, 6) is 0.687. The van der Waals surface area contributed by atoms with E-state index >= 15 is 0 Å². The largest absolute Gasteiger partial charge is 0.352 e. The van der Waals surface area contributed by atoms with Gasteiger partial charge in [-0.2, -0.15) is 12.6 Å². The van der Waals surface area contributed by atoms with Crippen molar-refractivity contribution in [2.45, 2.75) is 25.8 Å². The van der Waals surface area contributed by atoms with Crippen molar-refractivity contribution in [3.05, 3.63) is 0 Å². The second-order valence-electron chi connectivity index (χ2n) is 3.50. The van der Waals surface area contributed by atoms with E-state index in [0.29, 0.717) is 18.7 Å². The molecule has 0 saturated carbocycles. The quantitative estimate of drug-likeness (QED) is 0.655. The number of nitrogens with zero attached hydrogens (tertiary/aromatic N) is 1. The number of hydrogen-bond acceptors (Lipinski definition) is 3. The Morgan fingerprint density at radius 2 is 2.29 bits per heavy atom. The van der Waals surface area contributed by atoms with Crippen molar-refractivity contribution in [2.24, 2.45) is 0 Å². The highest BCUT2D eigenvalue weighted by Gasteiger charge is 2.25. The summed E-state index contributed by atoms with van der Waals surface area (Å²) >= 11 is 4.01. The van der Waals surface area contributed by atoms with E-state index in [2.05, 4.69) is 17.9 Å². The van der Waals surface area contributed by atoms with Gasteiger partial charge < -0.3 is 10.2 Å². The zero-order valence-electron chi connectivity index (χ0n) is 8.32. The van der Waals surface area contributed by atoms with E-state index in [1.54, 1.807) is 4.90 Å². The molecule has 0 aromatic carbocycles. The van der Waals surface area contributed by atoms with Crippen molar-refractivity contribution in [3.8, 4) is 0 Å². The lowest BCUT2D eigenvalue weighted by molar-refractivity contribution is -0.130. The van der Waals surface area contributed by atoms with Gasteiger partial charge >= 0.3 is 0 Å². The first-order chi connectivity index (χ1) is 6.63. The number of amides is 2. The van der Waals surface area contributed by atoms with Crippen LogP contribution < -0.4 is 5.32 Å². The van der Waals surface area contributed by atoms with Crippen molar-refractivity contribution < 1.29 is 9.59 Å². The molecule has 2 amide bonds. The van der Waals surface area contributed by atoms with Crippen LogP contribution in [0.1, 0.15) is 19.8 Å². The van der Waals surface area contributed by atoms with Crippen molar-refractivity contribution in [2.75, 3.05) is 18.8 Å². The van der Waals surface area contributed by atoms with Crippen molar-refractivity contribution in [1.29, 1.82) is 0 Å². The van der Waals surface area contributed by atoms with Gasteiger partial charge in [-0.25, -0.2) is 0 Å². The number of carbonyl (C=O) groups excluding carboxylic acids is 2. The van der Waals surface area contributed by atoms with Crippen LogP contribution in [0.15, 0.2) is 0 Å². The van der Waals surface area contributed by atoms with Crippen LogP contribution in [0.5, 0.6) is 0 Å². The molecule has 0 aromatic rings. The number of hydrogen-bond donors (Lipinski definition) is 2. The Balaban J connectivity index is 2.33. The van der Waals surface area contributed by atoms with Crippen LogP contribution in [0, 0.1) is 0 Å². The fraction of sp³-hybridized carbons (Fsp3) is 0.778. The van der Waals surface area contributed by atoms with Gasteiger partial charge in [0, 0.05) is 32.5 Å². The number of thiol groups is 1. The maximum absolute atomic E-state index is 11.4. The van der Waals surface area contributed by atoms with Gasteiger partial charge in [-0.3, -0.25) is 9.59 Å². The monoisotopic (exact) mass is 216 g/mol. The Hall–Kier alpha value is -0.710. The van der Waals surface area contributed by atoms with Gasteiger partial charge in [0.25, 0.3) is 0 Å². The second kappa shape index (κ2) is 5.24. The Labute approximate surface area is 89.4 Å². The maximum atomic E-state index is 11.4. The van der Waals surface area contributed by atoms with Crippen LogP contribution >= 0.6 is 12.6 Å². The van der Waals surface area contributed by atoms with E-state index in [9.17, 15) is 9.59 Å². The summed E-state index contributed by atoms with van der Waals surface area (Å²) in [7, 11) is 0. The molecule has 1 aliphatic rings. The van der Waals surface area contributed by atoms with Crippen LogP contribution in [-0.2, 0) is 9.59 Å². The third-order valence-corrected chi connectivity index (χ3v) is 2.50. The average molecular weight is 216 g/mol. The molecule has 80 valence electrons. The van der Waals surface area contributed by atoms with Gasteiger partial charge in [-0.15, -0.1) is 0 Å². The molecular weight excluding hydrogens is 200 g/mol. The van der Waals surface area contributed by atoms with Gasteiger partial charge in [-0.1, -0.05) is 0 Å². The molecule has 1 atom stereocenters. The highest BCUT2D eigenvalue weighted by molar-refractivity contribution is 7.80. The van der Waals surface area contributed by atoms with Crippen molar-refractivity contribution >= 4 is 24.4 Å². The fourth-order valence-corrected chi connectivity index (χ4v) is 1.84. The third kappa shape index (κ3) is 3.21. The standard InChI is InChI=1S/C9H16N2O2S/c1-7(12)10-8-2-4-11(6-8)9(13)3-5-14/h8,14H,2-6H2,1H3,(H,10,12). The molecule has 1 unspecified atom stereocenters. The predicted molar refractivity (Wildman–Crippen MR) is 57.3 cm³/mol. The van der Waals surface area contributed by atoms with E-state index in [-0.39, 0.29) is 17.9 Å². The Morgan fingerprint density at radius 3 is 2.86 bits per heavy atom. The first kappa shape index (κ1) is 11.4. The minimum atomic E-state index is -0.0292. The van der Waals surface area contributed by atoms with Crippen molar-refractivity contribution in [1.82, 2.24) is 10.2 Å². The normalized spacial score (nSPS) is 21.0. The average Bonchev–Trinajstić information content (AvgIpc) is 2.52. The van der Waals surface area contributed by atoms with E-state index < -0.39 is 0 Å². The SMILES string of the molecule is CC(=O)NC1CCN(C(=O)CCS)C1. The van der Waals surface area contributed by atoms with Gasteiger partial charge in [0.15, 0.2) is 0 Å². The topological polar surface area (TPSA) is 49.4 Å². The number of nitrogens with one attached hydrogen (secondary N) is 1. The van der Waals surface area contributed by atoms with Gasteiger partial charge in [-0.05, 0) is 12.2 Å². The van der Waals surface area contributed by atoms with Crippen LogP contribution in [0.25, 0.3) is 0 Å². The lowest BCUT2D eigenvalue weighted by atomic mass is 10.2. The second-order valence-corrected chi connectivity index (χ2v) is 3.95. The minimum absolute atomic E-state index is 0.0292. The van der Waals surface area contributed by atoms with Gasteiger partial charge in [0.05, 0.1) is 0 Å². The molecular formula is C9H16N2O2S. The summed E-state index contributed by atoms with van der Waals surface area (Å²) in [4.78, 5) is 24.0. The summed E-state index contributed by atoms with van der Waals surface area (Å²) in [6, 6.07) is 0.136. The summed E-state index contributed by atoms with van der Waals surface area (Å²) in [6.45, 7) is 2.89. The lowest BCUT2D eigenvalue weighted by Crippen LogP contribution is -2.37. The summed E-state index contributed by atoms with van der Waals surface area (Å²) in [5.41, 5.74) is 0. The predicted octanol–water partition coefficient (Wildman–Crippen LogP) is 0.0433. The minimum Gasteiger partial charge on any atom is -0.352 e. The van der Waals surface area contributed by atoms with Gasteiger partial charge in [0.1, 0.15) is 0 Å². The first-order valence-electron chi connectivity index (χ1n) is 4.79. The molecule has 1 fully saturated rings. The Bertz CT molecular complexity index is 233.